The summed E-state index contributed by atoms with van der Waals surface area (Å²) in [6.45, 7) is 6.20. The molecule has 0 fully saturated rings. The van der Waals surface area contributed by atoms with Crippen LogP contribution in [0.2, 0.25) is 0 Å². The van der Waals surface area contributed by atoms with E-state index >= 15 is 0 Å². The Morgan fingerprint density at radius 3 is 2.14 bits per heavy atom. The van der Waals surface area contributed by atoms with Gasteiger partial charge in [-0.15, -0.1) is 0 Å². The molecule has 0 saturated heterocycles. The number of aromatic nitrogens is 2. The molecule has 4 nitrogen and oxygen atoms in total. The minimum Gasteiger partial charge on any atom is -0.363 e. The van der Waals surface area contributed by atoms with Crippen LogP contribution in [0.4, 0.5) is 11.6 Å². The van der Waals surface area contributed by atoms with Crippen molar-refractivity contribution in [2.75, 3.05) is 37.0 Å². The van der Waals surface area contributed by atoms with E-state index in [9.17, 15) is 0 Å². The summed E-state index contributed by atoms with van der Waals surface area (Å²) < 4.78 is 0. The molecule has 0 radical (unpaired) electrons. The predicted octanol–water partition coefficient (Wildman–Crippen LogP) is 1.39. The molecule has 0 N–H and O–H groups in total. The Morgan fingerprint density at radius 1 is 1.07 bits per heavy atom. The van der Waals surface area contributed by atoms with Gasteiger partial charge in [-0.3, -0.25) is 0 Å². The normalized spacial score (nSPS) is 10.0. The van der Waals surface area contributed by atoms with Crippen LogP contribution in [0.1, 0.15) is 13.8 Å². The summed E-state index contributed by atoms with van der Waals surface area (Å²) in [4.78, 5) is 12.6. The van der Waals surface area contributed by atoms with Crippen molar-refractivity contribution in [1.82, 2.24) is 9.97 Å². The second kappa shape index (κ2) is 4.79. The average Bonchev–Trinajstić information content (AvgIpc) is 2.20. The lowest BCUT2D eigenvalue weighted by atomic mass is 10.4. The van der Waals surface area contributed by atoms with Crippen LogP contribution in [0.25, 0.3) is 0 Å². The minimum absolute atomic E-state index is 0.946. The summed E-state index contributed by atoms with van der Waals surface area (Å²) in [5.74, 6) is 1.94. The summed E-state index contributed by atoms with van der Waals surface area (Å²) in [6.07, 6.45) is 1.61. The third-order valence-electron chi connectivity index (χ3n) is 2.18. The number of hydrogen-bond acceptors (Lipinski definition) is 4. The van der Waals surface area contributed by atoms with E-state index in [-0.39, 0.29) is 0 Å². The first kappa shape index (κ1) is 10.8. The molecule has 0 atom stereocenters. The van der Waals surface area contributed by atoms with Gasteiger partial charge in [0.2, 0.25) is 0 Å². The molecule has 4 heteroatoms. The van der Waals surface area contributed by atoms with Gasteiger partial charge in [-0.05, 0) is 13.8 Å². The molecular weight excluding hydrogens is 176 g/mol. The van der Waals surface area contributed by atoms with E-state index in [1.54, 1.807) is 6.33 Å². The van der Waals surface area contributed by atoms with Crippen LogP contribution in [0.3, 0.4) is 0 Å². The highest BCUT2D eigenvalue weighted by atomic mass is 15.2. The smallest absolute Gasteiger partial charge is 0.134 e. The molecule has 0 aliphatic rings. The second-order valence-corrected chi connectivity index (χ2v) is 3.30. The van der Waals surface area contributed by atoms with E-state index in [4.69, 9.17) is 0 Å². The van der Waals surface area contributed by atoms with Crippen molar-refractivity contribution in [3.8, 4) is 0 Å². The number of anilines is 2. The molecule has 0 unspecified atom stereocenters. The van der Waals surface area contributed by atoms with Crippen molar-refractivity contribution in [1.29, 1.82) is 0 Å². The second-order valence-electron chi connectivity index (χ2n) is 3.30. The molecule has 0 spiro atoms. The molecule has 1 rings (SSSR count). The van der Waals surface area contributed by atoms with Crippen LogP contribution >= 0.6 is 0 Å². The molecule has 1 aromatic rings. The fraction of sp³-hybridized carbons (Fsp3) is 0.600. The monoisotopic (exact) mass is 194 g/mol. The Hall–Kier alpha value is -1.32. The zero-order valence-corrected chi connectivity index (χ0v) is 9.36. The van der Waals surface area contributed by atoms with Crippen LogP contribution < -0.4 is 9.80 Å². The Kier molecular flexibility index (Phi) is 3.68. The van der Waals surface area contributed by atoms with Crippen LogP contribution in [0.15, 0.2) is 12.4 Å². The van der Waals surface area contributed by atoms with Crippen molar-refractivity contribution in [2.45, 2.75) is 13.8 Å². The van der Waals surface area contributed by atoms with E-state index in [0.29, 0.717) is 0 Å². The van der Waals surface area contributed by atoms with Crippen molar-refractivity contribution < 1.29 is 0 Å². The third kappa shape index (κ3) is 2.34. The summed E-state index contributed by atoms with van der Waals surface area (Å²) in [5.41, 5.74) is 0. The lowest BCUT2D eigenvalue weighted by molar-refractivity contribution is 0.839. The van der Waals surface area contributed by atoms with Crippen molar-refractivity contribution in [2.24, 2.45) is 0 Å². The van der Waals surface area contributed by atoms with Crippen molar-refractivity contribution in [3.63, 3.8) is 0 Å². The highest BCUT2D eigenvalue weighted by Crippen LogP contribution is 2.14. The minimum atomic E-state index is 0.946. The highest BCUT2D eigenvalue weighted by molar-refractivity contribution is 5.48. The average molecular weight is 194 g/mol. The fourth-order valence-corrected chi connectivity index (χ4v) is 1.30. The standard InChI is InChI=1S/C10H18N4/c1-5-14(6-2)10-7-9(13(3)4)11-8-12-10/h7-8H,5-6H2,1-4H3. The van der Waals surface area contributed by atoms with Gasteiger partial charge in [0.1, 0.15) is 18.0 Å². The van der Waals surface area contributed by atoms with Crippen LogP contribution in [0.5, 0.6) is 0 Å². The van der Waals surface area contributed by atoms with Gasteiger partial charge in [0.15, 0.2) is 0 Å². The predicted molar refractivity (Wildman–Crippen MR) is 59.9 cm³/mol. The largest absolute Gasteiger partial charge is 0.363 e. The third-order valence-corrected chi connectivity index (χ3v) is 2.18. The van der Waals surface area contributed by atoms with Gasteiger partial charge >= 0.3 is 0 Å². The van der Waals surface area contributed by atoms with Gasteiger partial charge in [0, 0.05) is 33.3 Å². The van der Waals surface area contributed by atoms with Gasteiger partial charge in [0.05, 0.1) is 0 Å². The fourth-order valence-electron chi connectivity index (χ4n) is 1.30. The van der Waals surface area contributed by atoms with Crippen LogP contribution in [-0.2, 0) is 0 Å². The SMILES string of the molecule is CCN(CC)c1cc(N(C)C)ncn1. The molecule has 1 heterocycles. The zero-order chi connectivity index (χ0) is 10.6. The van der Waals surface area contributed by atoms with E-state index < -0.39 is 0 Å². The lowest BCUT2D eigenvalue weighted by Crippen LogP contribution is -2.23. The molecule has 0 amide bonds. The van der Waals surface area contributed by atoms with Gasteiger partial charge in [0.25, 0.3) is 0 Å². The molecule has 0 saturated carbocycles. The molecular formula is C10H18N4. The Morgan fingerprint density at radius 2 is 1.64 bits per heavy atom. The van der Waals surface area contributed by atoms with Crippen LogP contribution in [-0.4, -0.2) is 37.2 Å². The van der Waals surface area contributed by atoms with E-state index in [0.717, 1.165) is 24.7 Å². The maximum absolute atomic E-state index is 4.25. The molecule has 0 aliphatic carbocycles. The van der Waals surface area contributed by atoms with Gasteiger partial charge in [-0.2, -0.15) is 0 Å². The summed E-state index contributed by atoms with van der Waals surface area (Å²) >= 11 is 0. The first-order valence-corrected chi connectivity index (χ1v) is 4.93. The highest BCUT2D eigenvalue weighted by Gasteiger charge is 2.05. The molecule has 0 aliphatic heterocycles. The molecule has 78 valence electrons. The molecule has 0 bridgehead atoms. The Balaban J connectivity index is 2.92. The first-order valence-electron chi connectivity index (χ1n) is 4.93. The summed E-state index contributed by atoms with van der Waals surface area (Å²) in [6, 6.07) is 2.01. The quantitative estimate of drug-likeness (QED) is 0.725. The van der Waals surface area contributed by atoms with E-state index in [1.165, 1.54) is 0 Å². The van der Waals surface area contributed by atoms with Gasteiger partial charge in [-0.1, -0.05) is 0 Å². The van der Waals surface area contributed by atoms with E-state index in [2.05, 4.69) is 28.7 Å². The Labute approximate surface area is 85.6 Å². The maximum Gasteiger partial charge on any atom is 0.134 e. The van der Waals surface area contributed by atoms with Crippen molar-refractivity contribution in [3.05, 3.63) is 12.4 Å². The summed E-state index contributed by atoms with van der Waals surface area (Å²) in [5, 5.41) is 0. The topological polar surface area (TPSA) is 32.3 Å². The summed E-state index contributed by atoms with van der Waals surface area (Å²) in [7, 11) is 3.96. The van der Waals surface area contributed by atoms with Crippen molar-refractivity contribution >= 4 is 11.6 Å². The van der Waals surface area contributed by atoms with Gasteiger partial charge < -0.3 is 9.80 Å². The molecule has 1 aromatic heterocycles. The lowest BCUT2D eigenvalue weighted by Gasteiger charge is -2.21. The number of hydrogen-bond donors (Lipinski definition) is 0. The zero-order valence-electron chi connectivity index (χ0n) is 9.36. The number of rotatable bonds is 4. The Bertz CT molecular complexity index is 281. The van der Waals surface area contributed by atoms with Crippen LogP contribution in [0, 0.1) is 0 Å². The van der Waals surface area contributed by atoms with Gasteiger partial charge in [-0.25, -0.2) is 9.97 Å². The maximum atomic E-state index is 4.25. The number of nitrogens with zero attached hydrogens (tertiary/aromatic N) is 4. The van der Waals surface area contributed by atoms with E-state index in [1.807, 2.05) is 25.1 Å². The molecule has 0 aromatic carbocycles. The first-order chi connectivity index (χ1) is 6.69. The molecule has 14 heavy (non-hydrogen) atoms.